The van der Waals surface area contributed by atoms with Crippen LogP contribution in [0.5, 0.6) is 0 Å². The number of benzene rings is 1. The second-order valence-corrected chi connectivity index (χ2v) is 2.68. The fourth-order valence-electron chi connectivity index (χ4n) is 0.709. The van der Waals surface area contributed by atoms with Crippen LogP contribution in [0.3, 0.4) is 0 Å². The largest absolute Gasteiger partial charge is 0.466 e. The van der Waals surface area contributed by atoms with Crippen molar-refractivity contribution >= 4 is 23.6 Å². The Balaban J connectivity index is 0.000000265. The van der Waals surface area contributed by atoms with Crippen LogP contribution in [0.15, 0.2) is 48.5 Å². The van der Waals surface area contributed by atoms with Gasteiger partial charge >= 0.3 is 5.97 Å². The Labute approximate surface area is 94.8 Å². The summed E-state index contributed by atoms with van der Waals surface area (Å²) < 4.78 is 4.18. The van der Waals surface area contributed by atoms with Gasteiger partial charge in [0.2, 0.25) is 0 Å². The predicted molar refractivity (Wildman–Crippen MR) is 63.5 cm³/mol. The highest BCUT2D eigenvalue weighted by Crippen LogP contribution is 1.97. The summed E-state index contributed by atoms with van der Waals surface area (Å²) in [7, 11) is 1.29. The molecule has 15 heavy (non-hydrogen) atoms. The van der Waals surface area contributed by atoms with E-state index >= 15 is 0 Å². The number of esters is 1. The third-order valence-electron chi connectivity index (χ3n) is 1.44. The number of rotatable bonds is 2. The number of hydrogen-bond donors (Lipinski definition) is 0. The van der Waals surface area contributed by atoms with Gasteiger partial charge in [0, 0.05) is 11.6 Å². The van der Waals surface area contributed by atoms with Crippen molar-refractivity contribution in [3.05, 3.63) is 54.1 Å². The number of methoxy groups -OCH3 is 1. The normalized spacial score (nSPS) is 8.93. The van der Waals surface area contributed by atoms with E-state index in [9.17, 15) is 4.79 Å². The van der Waals surface area contributed by atoms with Gasteiger partial charge in [-0.25, -0.2) is 4.79 Å². The van der Waals surface area contributed by atoms with Crippen LogP contribution in [0.4, 0.5) is 0 Å². The zero-order valence-electron chi connectivity index (χ0n) is 8.52. The van der Waals surface area contributed by atoms with E-state index in [-0.39, 0.29) is 0 Å². The Morgan fingerprint density at radius 1 is 1.40 bits per heavy atom. The quantitative estimate of drug-likeness (QED) is 0.570. The molecule has 0 aromatic heterocycles. The molecular formula is C12H13ClO2. The van der Waals surface area contributed by atoms with Crippen molar-refractivity contribution in [1.29, 1.82) is 0 Å². The molecule has 0 atom stereocenters. The molecule has 3 heteroatoms. The lowest BCUT2D eigenvalue weighted by molar-refractivity contribution is -0.134. The maximum atomic E-state index is 10.0. The first-order valence-electron chi connectivity index (χ1n) is 4.26. The third-order valence-corrected chi connectivity index (χ3v) is 1.56. The molecule has 2 nitrogen and oxygen atoms in total. The summed E-state index contributed by atoms with van der Waals surface area (Å²) in [5, 5.41) is 0. The Morgan fingerprint density at radius 2 is 2.00 bits per heavy atom. The molecule has 80 valence electrons. The summed E-state index contributed by atoms with van der Waals surface area (Å²) in [6.45, 7) is 3.63. The van der Waals surface area contributed by atoms with Gasteiger partial charge in [-0.1, -0.05) is 54.6 Å². The molecule has 0 bridgehead atoms. The Bertz CT molecular complexity index is 318. The van der Waals surface area contributed by atoms with Gasteiger partial charge in [0.1, 0.15) is 0 Å². The fourth-order valence-corrected chi connectivity index (χ4v) is 0.811. The SMILES string of the molecule is C=Cc1ccccc1.COC(=O)C=CCl. The van der Waals surface area contributed by atoms with E-state index in [4.69, 9.17) is 11.6 Å². The van der Waals surface area contributed by atoms with Crippen molar-refractivity contribution < 1.29 is 9.53 Å². The van der Waals surface area contributed by atoms with E-state index in [1.165, 1.54) is 12.7 Å². The first kappa shape index (κ1) is 13.5. The van der Waals surface area contributed by atoms with Crippen LogP contribution in [0.1, 0.15) is 5.56 Å². The Hall–Kier alpha value is -1.54. The minimum Gasteiger partial charge on any atom is -0.466 e. The molecule has 1 aromatic rings. The van der Waals surface area contributed by atoms with Crippen molar-refractivity contribution in [2.45, 2.75) is 0 Å². The molecule has 0 spiro atoms. The molecule has 0 saturated heterocycles. The maximum absolute atomic E-state index is 10.0. The minimum atomic E-state index is -0.435. The lowest BCUT2D eigenvalue weighted by atomic mass is 10.2. The van der Waals surface area contributed by atoms with Gasteiger partial charge in [-0.15, -0.1) is 0 Å². The van der Waals surface area contributed by atoms with E-state index in [1.807, 2.05) is 36.4 Å². The number of ether oxygens (including phenoxy) is 1. The van der Waals surface area contributed by atoms with Crippen LogP contribution < -0.4 is 0 Å². The van der Waals surface area contributed by atoms with Gasteiger partial charge < -0.3 is 4.74 Å². The summed E-state index contributed by atoms with van der Waals surface area (Å²) in [5.41, 5.74) is 2.28. The molecule has 0 radical (unpaired) electrons. The molecule has 0 fully saturated rings. The molecule has 0 amide bonds. The van der Waals surface area contributed by atoms with Crippen LogP contribution in [0.25, 0.3) is 6.08 Å². The second kappa shape index (κ2) is 9.03. The molecule has 1 aromatic carbocycles. The van der Waals surface area contributed by atoms with Gasteiger partial charge in [-0.05, 0) is 5.56 Å². The standard InChI is InChI=1S/C8H8.C4H5ClO2/c1-2-8-6-4-3-5-7-8;1-7-4(6)2-3-5/h2-7H,1H2;2-3H,1H3. The van der Waals surface area contributed by atoms with Crippen molar-refractivity contribution in [2.75, 3.05) is 7.11 Å². The minimum absolute atomic E-state index is 0.435. The first-order valence-corrected chi connectivity index (χ1v) is 4.70. The molecule has 0 heterocycles. The Morgan fingerprint density at radius 3 is 2.27 bits per heavy atom. The molecule has 0 unspecified atom stereocenters. The molecule has 0 aliphatic carbocycles. The highest BCUT2D eigenvalue weighted by molar-refractivity contribution is 6.26. The van der Waals surface area contributed by atoms with E-state index in [0.717, 1.165) is 11.6 Å². The van der Waals surface area contributed by atoms with Gasteiger partial charge in [0.15, 0.2) is 0 Å². The predicted octanol–water partition coefficient (Wildman–Crippen LogP) is 3.24. The molecule has 1 rings (SSSR count). The van der Waals surface area contributed by atoms with Crippen molar-refractivity contribution in [1.82, 2.24) is 0 Å². The monoisotopic (exact) mass is 224 g/mol. The van der Waals surface area contributed by atoms with Crippen LogP contribution in [0, 0.1) is 0 Å². The maximum Gasteiger partial charge on any atom is 0.331 e. The number of carbonyl (C=O) groups excluding carboxylic acids is 1. The zero-order chi connectivity index (χ0) is 11.5. The third kappa shape index (κ3) is 7.52. The number of carbonyl (C=O) groups is 1. The lowest BCUT2D eigenvalue weighted by Gasteiger charge is -1.85. The zero-order valence-corrected chi connectivity index (χ0v) is 9.28. The smallest absolute Gasteiger partial charge is 0.331 e. The summed E-state index contributed by atoms with van der Waals surface area (Å²) in [6, 6.07) is 10.0. The van der Waals surface area contributed by atoms with Crippen LogP contribution >= 0.6 is 11.6 Å². The second-order valence-electron chi connectivity index (χ2n) is 2.43. The average molecular weight is 225 g/mol. The first-order chi connectivity index (χ1) is 7.24. The van der Waals surface area contributed by atoms with Crippen molar-refractivity contribution in [2.24, 2.45) is 0 Å². The van der Waals surface area contributed by atoms with Gasteiger partial charge in [-0.2, -0.15) is 0 Å². The van der Waals surface area contributed by atoms with Crippen molar-refractivity contribution in [3.8, 4) is 0 Å². The molecule has 0 aliphatic rings. The fraction of sp³-hybridized carbons (Fsp3) is 0.0833. The topological polar surface area (TPSA) is 26.3 Å². The van der Waals surface area contributed by atoms with E-state index in [2.05, 4.69) is 11.3 Å². The summed E-state index contributed by atoms with van der Waals surface area (Å²) in [5.74, 6) is -0.435. The van der Waals surface area contributed by atoms with E-state index < -0.39 is 5.97 Å². The highest BCUT2D eigenvalue weighted by Gasteiger charge is 1.85. The van der Waals surface area contributed by atoms with Crippen LogP contribution in [-0.2, 0) is 9.53 Å². The van der Waals surface area contributed by atoms with Gasteiger partial charge in [0.05, 0.1) is 7.11 Å². The summed E-state index contributed by atoms with van der Waals surface area (Å²) >= 11 is 4.99. The van der Waals surface area contributed by atoms with E-state index in [0.29, 0.717) is 0 Å². The Kier molecular flexibility index (Phi) is 8.10. The number of hydrogen-bond acceptors (Lipinski definition) is 2. The van der Waals surface area contributed by atoms with Gasteiger partial charge in [0.25, 0.3) is 0 Å². The van der Waals surface area contributed by atoms with Gasteiger partial charge in [-0.3, -0.25) is 0 Å². The molecular weight excluding hydrogens is 212 g/mol. The van der Waals surface area contributed by atoms with E-state index in [1.54, 1.807) is 0 Å². The average Bonchev–Trinajstić information content (AvgIpc) is 2.31. The highest BCUT2D eigenvalue weighted by atomic mass is 35.5. The lowest BCUT2D eigenvalue weighted by Crippen LogP contribution is -1.92. The molecule has 0 aliphatic heterocycles. The number of halogens is 1. The molecule has 0 saturated carbocycles. The van der Waals surface area contributed by atoms with Crippen LogP contribution in [0.2, 0.25) is 0 Å². The van der Waals surface area contributed by atoms with Crippen LogP contribution in [-0.4, -0.2) is 13.1 Å². The summed E-state index contributed by atoms with van der Waals surface area (Å²) in [6.07, 6.45) is 2.96. The molecule has 0 N–H and O–H groups in total. The summed E-state index contributed by atoms with van der Waals surface area (Å²) in [4.78, 5) is 10.0. The van der Waals surface area contributed by atoms with Crippen molar-refractivity contribution in [3.63, 3.8) is 0 Å².